The third kappa shape index (κ3) is 2.35. The SMILES string of the molecule is COc1ccc(Cl)c(Nc2nc(Cl)nc3nc[nH]c23)c1. The summed E-state index contributed by atoms with van der Waals surface area (Å²) in [5.41, 5.74) is 1.77. The molecule has 20 heavy (non-hydrogen) atoms. The van der Waals surface area contributed by atoms with E-state index < -0.39 is 0 Å². The maximum absolute atomic E-state index is 6.15. The summed E-state index contributed by atoms with van der Waals surface area (Å²) in [6.07, 6.45) is 1.52. The zero-order valence-corrected chi connectivity index (χ0v) is 11.8. The second-order valence-electron chi connectivity index (χ2n) is 3.91. The van der Waals surface area contributed by atoms with Crippen LogP contribution in [0.15, 0.2) is 24.5 Å². The molecule has 0 aliphatic rings. The predicted octanol–water partition coefficient (Wildman–Crippen LogP) is 3.41. The first-order chi connectivity index (χ1) is 9.67. The molecule has 3 aromatic rings. The number of aromatic amines is 1. The molecule has 0 bridgehead atoms. The van der Waals surface area contributed by atoms with Gasteiger partial charge in [-0.1, -0.05) is 11.6 Å². The fourth-order valence-electron chi connectivity index (χ4n) is 1.75. The number of methoxy groups -OCH3 is 1. The van der Waals surface area contributed by atoms with Gasteiger partial charge in [-0.15, -0.1) is 0 Å². The van der Waals surface area contributed by atoms with Gasteiger partial charge in [0.15, 0.2) is 11.5 Å². The van der Waals surface area contributed by atoms with Crippen molar-refractivity contribution >= 4 is 45.9 Å². The Labute approximate surface area is 124 Å². The summed E-state index contributed by atoms with van der Waals surface area (Å²) in [7, 11) is 1.58. The number of anilines is 2. The summed E-state index contributed by atoms with van der Waals surface area (Å²) in [4.78, 5) is 15.1. The number of rotatable bonds is 3. The van der Waals surface area contributed by atoms with Gasteiger partial charge in [-0.3, -0.25) is 0 Å². The van der Waals surface area contributed by atoms with Crippen LogP contribution in [0.5, 0.6) is 5.75 Å². The van der Waals surface area contributed by atoms with Crippen LogP contribution in [0.25, 0.3) is 11.2 Å². The minimum atomic E-state index is 0.103. The average molecular weight is 310 g/mol. The smallest absolute Gasteiger partial charge is 0.226 e. The van der Waals surface area contributed by atoms with Crippen molar-refractivity contribution in [2.45, 2.75) is 0 Å². The van der Waals surface area contributed by atoms with E-state index in [1.807, 2.05) is 0 Å². The summed E-state index contributed by atoms with van der Waals surface area (Å²) < 4.78 is 5.17. The number of fused-ring (bicyclic) bond motifs is 1. The Bertz CT molecular complexity index is 774. The van der Waals surface area contributed by atoms with Crippen LogP contribution < -0.4 is 10.1 Å². The van der Waals surface area contributed by atoms with Gasteiger partial charge in [0.05, 0.1) is 24.1 Å². The molecule has 0 radical (unpaired) electrons. The maximum Gasteiger partial charge on any atom is 0.226 e. The van der Waals surface area contributed by atoms with Crippen molar-refractivity contribution in [3.8, 4) is 5.75 Å². The number of imidazole rings is 1. The molecule has 0 saturated heterocycles. The highest BCUT2D eigenvalue weighted by Crippen LogP contribution is 2.30. The van der Waals surface area contributed by atoms with E-state index in [2.05, 4.69) is 25.3 Å². The number of halogens is 2. The number of nitrogens with one attached hydrogen (secondary N) is 2. The monoisotopic (exact) mass is 309 g/mol. The van der Waals surface area contributed by atoms with Crippen molar-refractivity contribution in [1.29, 1.82) is 0 Å². The molecule has 0 amide bonds. The lowest BCUT2D eigenvalue weighted by atomic mass is 10.3. The van der Waals surface area contributed by atoms with E-state index in [0.29, 0.717) is 33.4 Å². The number of hydrogen-bond acceptors (Lipinski definition) is 5. The summed E-state index contributed by atoms with van der Waals surface area (Å²) >= 11 is 12.0. The number of ether oxygens (including phenoxy) is 1. The molecular weight excluding hydrogens is 301 g/mol. The van der Waals surface area contributed by atoms with Gasteiger partial charge in [-0.25, -0.2) is 4.98 Å². The van der Waals surface area contributed by atoms with E-state index in [1.165, 1.54) is 6.33 Å². The van der Waals surface area contributed by atoms with Crippen LogP contribution in [0.3, 0.4) is 0 Å². The van der Waals surface area contributed by atoms with E-state index >= 15 is 0 Å². The van der Waals surface area contributed by atoms with Crippen LogP contribution in [0, 0.1) is 0 Å². The predicted molar refractivity (Wildman–Crippen MR) is 78.0 cm³/mol. The van der Waals surface area contributed by atoms with Gasteiger partial charge in [0.2, 0.25) is 5.28 Å². The average Bonchev–Trinajstić information content (AvgIpc) is 2.89. The molecule has 3 rings (SSSR count). The van der Waals surface area contributed by atoms with Crippen LogP contribution in [0.2, 0.25) is 10.3 Å². The van der Waals surface area contributed by atoms with Crippen molar-refractivity contribution in [2.75, 3.05) is 12.4 Å². The maximum atomic E-state index is 6.15. The molecule has 0 aliphatic carbocycles. The Morgan fingerprint density at radius 2 is 2.10 bits per heavy atom. The Hall–Kier alpha value is -2.05. The first kappa shape index (κ1) is 13.0. The van der Waals surface area contributed by atoms with Crippen LogP contribution in [0.1, 0.15) is 0 Å². The molecule has 102 valence electrons. The molecule has 6 nitrogen and oxygen atoms in total. The second-order valence-corrected chi connectivity index (χ2v) is 4.66. The van der Waals surface area contributed by atoms with Crippen molar-refractivity contribution in [1.82, 2.24) is 19.9 Å². The van der Waals surface area contributed by atoms with Crippen LogP contribution in [-0.4, -0.2) is 27.0 Å². The van der Waals surface area contributed by atoms with E-state index in [-0.39, 0.29) is 5.28 Å². The van der Waals surface area contributed by atoms with Crippen LogP contribution in [0.4, 0.5) is 11.5 Å². The number of hydrogen-bond donors (Lipinski definition) is 2. The van der Waals surface area contributed by atoms with E-state index in [4.69, 9.17) is 27.9 Å². The van der Waals surface area contributed by atoms with Crippen molar-refractivity contribution in [3.05, 3.63) is 34.8 Å². The fourth-order valence-corrected chi connectivity index (χ4v) is 2.08. The van der Waals surface area contributed by atoms with E-state index in [1.54, 1.807) is 25.3 Å². The van der Waals surface area contributed by atoms with Crippen molar-refractivity contribution in [3.63, 3.8) is 0 Å². The lowest BCUT2D eigenvalue weighted by Crippen LogP contribution is -1.98. The van der Waals surface area contributed by atoms with Gasteiger partial charge in [0.1, 0.15) is 11.3 Å². The summed E-state index contributed by atoms with van der Waals surface area (Å²) in [5, 5.41) is 3.74. The molecule has 2 aromatic heterocycles. The highest BCUT2D eigenvalue weighted by atomic mass is 35.5. The minimum absolute atomic E-state index is 0.103. The van der Waals surface area contributed by atoms with Gasteiger partial charge in [-0.2, -0.15) is 9.97 Å². The lowest BCUT2D eigenvalue weighted by Gasteiger charge is -2.10. The van der Waals surface area contributed by atoms with Crippen molar-refractivity contribution < 1.29 is 4.74 Å². The largest absolute Gasteiger partial charge is 0.497 e. The third-order valence-electron chi connectivity index (χ3n) is 2.68. The molecule has 0 fully saturated rings. The fraction of sp³-hybridized carbons (Fsp3) is 0.0833. The first-order valence-electron chi connectivity index (χ1n) is 5.64. The van der Waals surface area contributed by atoms with Gasteiger partial charge >= 0.3 is 0 Å². The third-order valence-corrected chi connectivity index (χ3v) is 3.18. The Balaban J connectivity index is 2.07. The molecule has 0 aliphatic heterocycles. The van der Waals surface area contributed by atoms with Gasteiger partial charge in [0.25, 0.3) is 0 Å². The van der Waals surface area contributed by atoms with Gasteiger partial charge in [-0.05, 0) is 23.7 Å². The molecule has 0 saturated carbocycles. The van der Waals surface area contributed by atoms with Gasteiger partial charge < -0.3 is 15.0 Å². The standard InChI is InChI=1S/C12H9Cl2N5O/c1-20-6-2-3-7(13)8(4-6)17-11-9-10(16-5-15-9)18-12(14)19-11/h2-5H,1H3,(H2,15,16,17,18,19). The normalized spacial score (nSPS) is 10.8. The number of nitrogens with zero attached hydrogens (tertiary/aromatic N) is 3. The second kappa shape index (κ2) is 5.15. The Kier molecular flexibility index (Phi) is 3.33. The van der Waals surface area contributed by atoms with Crippen LogP contribution >= 0.6 is 23.2 Å². The van der Waals surface area contributed by atoms with Gasteiger partial charge in [0, 0.05) is 6.07 Å². The molecule has 1 aromatic carbocycles. The molecule has 2 N–H and O–H groups in total. The summed E-state index contributed by atoms with van der Waals surface area (Å²) in [6, 6.07) is 5.27. The van der Waals surface area contributed by atoms with Crippen molar-refractivity contribution in [2.24, 2.45) is 0 Å². The molecule has 0 unspecified atom stereocenters. The Morgan fingerprint density at radius 3 is 2.90 bits per heavy atom. The zero-order valence-electron chi connectivity index (χ0n) is 10.3. The zero-order chi connectivity index (χ0) is 14.1. The molecule has 8 heteroatoms. The van der Waals surface area contributed by atoms with Crippen LogP contribution in [-0.2, 0) is 0 Å². The molecule has 0 atom stereocenters. The lowest BCUT2D eigenvalue weighted by molar-refractivity contribution is 0.415. The topological polar surface area (TPSA) is 75.7 Å². The summed E-state index contributed by atoms with van der Waals surface area (Å²) in [5.74, 6) is 1.17. The Morgan fingerprint density at radius 1 is 1.25 bits per heavy atom. The quantitative estimate of drug-likeness (QED) is 0.725. The highest BCUT2D eigenvalue weighted by molar-refractivity contribution is 6.33. The number of aromatic nitrogens is 4. The first-order valence-corrected chi connectivity index (χ1v) is 6.40. The molecule has 0 spiro atoms. The van der Waals surface area contributed by atoms with E-state index in [0.717, 1.165) is 0 Å². The number of benzene rings is 1. The highest BCUT2D eigenvalue weighted by Gasteiger charge is 2.11. The van der Waals surface area contributed by atoms with E-state index in [9.17, 15) is 0 Å². The summed E-state index contributed by atoms with van der Waals surface area (Å²) in [6.45, 7) is 0. The molecular formula is C12H9Cl2N5O. The minimum Gasteiger partial charge on any atom is -0.497 e. The molecule has 2 heterocycles. The number of H-pyrrole nitrogens is 1.